The lowest BCUT2D eigenvalue weighted by Crippen LogP contribution is -2.47. The number of hydrogen-bond acceptors (Lipinski definition) is 7. The Bertz CT molecular complexity index is 542. The Morgan fingerprint density at radius 3 is 2.24 bits per heavy atom. The van der Waals surface area contributed by atoms with E-state index in [4.69, 9.17) is 24.7 Å². The molecule has 0 aromatic rings. The lowest BCUT2D eigenvalue weighted by Gasteiger charge is -2.33. The molecule has 2 N–H and O–H groups in total. The maximum Gasteiger partial charge on any atom is 0.410 e. The number of nitrogens with zero attached hydrogens (tertiary/aromatic N) is 1. The van der Waals surface area contributed by atoms with Gasteiger partial charge < -0.3 is 24.7 Å². The Kier molecular flexibility index (Phi) is 8.73. The van der Waals surface area contributed by atoms with Crippen LogP contribution in [0.3, 0.4) is 0 Å². The summed E-state index contributed by atoms with van der Waals surface area (Å²) in [6.07, 6.45) is 2.50. The summed E-state index contributed by atoms with van der Waals surface area (Å²) < 4.78 is 22.7. The maximum atomic E-state index is 12.7. The van der Waals surface area contributed by atoms with Crippen molar-refractivity contribution in [3.05, 3.63) is 0 Å². The molecule has 3 atom stereocenters. The van der Waals surface area contributed by atoms with Gasteiger partial charge in [-0.2, -0.15) is 0 Å². The van der Waals surface area contributed by atoms with Crippen LogP contribution in [0.5, 0.6) is 0 Å². The van der Waals surface area contributed by atoms with E-state index in [9.17, 15) is 9.59 Å². The number of hydrogen-bond donors (Lipinski definition) is 1. The van der Waals surface area contributed by atoms with Gasteiger partial charge in [0.2, 0.25) is 0 Å². The molecular formula is C21H38N2O6. The number of likely N-dealkylation sites (tertiary alicyclic amines) is 1. The van der Waals surface area contributed by atoms with Crippen LogP contribution in [-0.4, -0.2) is 73.2 Å². The molecule has 1 saturated carbocycles. The van der Waals surface area contributed by atoms with Crippen LogP contribution in [0, 0.1) is 5.92 Å². The summed E-state index contributed by atoms with van der Waals surface area (Å²) in [6, 6.07) is -0.571. The van der Waals surface area contributed by atoms with Crippen molar-refractivity contribution in [3.63, 3.8) is 0 Å². The highest BCUT2D eigenvalue weighted by Gasteiger charge is 2.45. The van der Waals surface area contributed by atoms with Gasteiger partial charge in [0.15, 0.2) is 0 Å². The monoisotopic (exact) mass is 414 g/mol. The first kappa shape index (κ1) is 23.9. The van der Waals surface area contributed by atoms with E-state index in [-0.39, 0.29) is 36.2 Å². The molecule has 2 rings (SSSR count). The van der Waals surface area contributed by atoms with Crippen molar-refractivity contribution in [1.29, 1.82) is 0 Å². The third kappa shape index (κ3) is 6.83. The number of nitrogens with two attached hydrogens (primary N) is 1. The number of carbonyl (C=O) groups excluding carboxylic acids is 2. The molecule has 2 fully saturated rings. The highest BCUT2D eigenvalue weighted by atomic mass is 16.6. The molecule has 0 radical (unpaired) electrons. The Labute approximate surface area is 174 Å². The predicted molar refractivity (Wildman–Crippen MR) is 108 cm³/mol. The minimum Gasteiger partial charge on any atom is -0.466 e. The Morgan fingerprint density at radius 1 is 1.03 bits per heavy atom. The summed E-state index contributed by atoms with van der Waals surface area (Å²) in [5, 5.41) is 0. The topological polar surface area (TPSA) is 100 Å². The van der Waals surface area contributed by atoms with Crippen molar-refractivity contribution in [2.75, 3.05) is 26.4 Å². The number of esters is 1. The molecule has 1 amide bonds. The third-order valence-electron chi connectivity index (χ3n) is 5.39. The molecule has 1 aliphatic carbocycles. The predicted octanol–water partition coefficient (Wildman–Crippen LogP) is 2.48. The first-order chi connectivity index (χ1) is 13.7. The van der Waals surface area contributed by atoms with Gasteiger partial charge in [-0.05, 0) is 60.3 Å². The molecule has 29 heavy (non-hydrogen) atoms. The van der Waals surface area contributed by atoms with E-state index in [0.29, 0.717) is 26.4 Å². The fourth-order valence-corrected chi connectivity index (χ4v) is 4.03. The summed E-state index contributed by atoms with van der Waals surface area (Å²) >= 11 is 0. The fourth-order valence-electron chi connectivity index (χ4n) is 4.03. The average Bonchev–Trinajstić information content (AvgIpc) is 2.96. The molecule has 8 nitrogen and oxygen atoms in total. The summed E-state index contributed by atoms with van der Waals surface area (Å²) in [5.41, 5.74) is 5.67. The molecule has 168 valence electrons. The van der Waals surface area contributed by atoms with Crippen molar-refractivity contribution < 1.29 is 28.5 Å². The van der Waals surface area contributed by atoms with Crippen LogP contribution in [0.25, 0.3) is 0 Å². The van der Waals surface area contributed by atoms with E-state index in [1.54, 1.807) is 4.90 Å². The molecule has 1 heterocycles. The third-order valence-corrected chi connectivity index (χ3v) is 5.39. The van der Waals surface area contributed by atoms with Gasteiger partial charge in [-0.25, -0.2) is 4.79 Å². The van der Waals surface area contributed by atoms with Crippen LogP contribution >= 0.6 is 0 Å². The number of ether oxygens (including phenoxy) is 4. The molecule has 0 bridgehead atoms. The van der Waals surface area contributed by atoms with Gasteiger partial charge >= 0.3 is 12.1 Å². The SMILES string of the molecule is CCOC(=O)[C@H]1CC[C@H](OC[C@@H]2[C@@H](OCC)[C@H](N)CN2C(=O)OC(C)(C)C)CC1. The van der Waals surface area contributed by atoms with E-state index in [0.717, 1.165) is 25.7 Å². The second-order valence-electron chi connectivity index (χ2n) is 8.84. The highest BCUT2D eigenvalue weighted by molar-refractivity contribution is 5.72. The van der Waals surface area contributed by atoms with Crippen molar-refractivity contribution in [3.8, 4) is 0 Å². The quantitative estimate of drug-likeness (QED) is 0.639. The normalized spacial score (nSPS) is 30.3. The minimum atomic E-state index is -0.582. The lowest BCUT2D eigenvalue weighted by molar-refractivity contribution is -0.150. The number of amides is 1. The van der Waals surface area contributed by atoms with Gasteiger partial charge in [-0.1, -0.05) is 0 Å². The first-order valence-electron chi connectivity index (χ1n) is 10.8. The average molecular weight is 415 g/mol. The highest BCUT2D eigenvalue weighted by Crippen LogP contribution is 2.29. The van der Waals surface area contributed by atoms with E-state index >= 15 is 0 Å². The Hall–Kier alpha value is -1.38. The second-order valence-corrected chi connectivity index (χ2v) is 8.84. The van der Waals surface area contributed by atoms with Crippen molar-refractivity contribution >= 4 is 12.1 Å². The zero-order chi connectivity index (χ0) is 21.6. The molecular weight excluding hydrogens is 376 g/mol. The molecule has 0 aromatic heterocycles. The fraction of sp³-hybridized carbons (Fsp3) is 0.905. The van der Waals surface area contributed by atoms with Gasteiger partial charge in [0.1, 0.15) is 5.60 Å². The van der Waals surface area contributed by atoms with Gasteiger partial charge in [0.25, 0.3) is 0 Å². The molecule has 0 spiro atoms. The van der Waals surface area contributed by atoms with Crippen molar-refractivity contribution in [2.24, 2.45) is 11.7 Å². The van der Waals surface area contributed by atoms with Crippen LogP contribution in [-0.2, 0) is 23.7 Å². The summed E-state index contributed by atoms with van der Waals surface area (Å²) in [7, 11) is 0. The summed E-state index contributed by atoms with van der Waals surface area (Å²) in [5.74, 6) is -0.149. The van der Waals surface area contributed by atoms with Gasteiger partial charge in [-0.3, -0.25) is 9.69 Å². The molecule has 1 aliphatic heterocycles. The van der Waals surface area contributed by atoms with Crippen LogP contribution in [0.15, 0.2) is 0 Å². The number of rotatable bonds is 7. The smallest absolute Gasteiger partial charge is 0.410 e. The van der Waals surface area contributed by atoms with E-state index in [1.165, 1.54) is 0 Å². The largest absolute Gasteiger partial charge is 0.466 e. The molecule has 0 unspecified atom stereocenters. The lowest BCUT2D eigenvalue weighted by atomic mass is 9.87. The van der Waals surface area contributed by atoms with Crippen molar-refractivity contribution in [2.45, 2.75) is 90.2 Å². The van der Waals surface area contributed by atoms with E-state index in [1.807, 2.05) is 34.6 Å². The zero-order valence-electron chi connectivity index (χ0n) is 18.5. The van der Waals surface area contributed by atoms with Crippen molar-refractivity contribution in [1.82, 2.24) is 4.90 Å². The van der Waals surface area contributed by atoms with E-state index < -0.39 is 11.7 Å². The molecule has 1 saturated heterocycles. The number of carbonyl (C=O) groups is 2. The van der Waals surface area contributed by atoms with Gasteiger partial charge in [0, 0.05) is 13.2 Å². The summed E-state index contributed by atoms with van der Waals surface area (Å²) in [6.45, 7) is 10.9. The van der Waals surface area contributed by atoms with Crippen LogP contribution in [0.2, 0.25) is 0 Å². The molecule has 8 heteroatoms. The Morgan fingerprint density at radius 2 is 1.69 bits per heavy atom. The second kappa shape index (κ2) is 10.6. The van der Waals surface area contributed by atoms with Gasteiger partial charge in [0.05, 0.1) is 43.4 Å². The molecule has 2 aliphatic rings. The zero-order valence-corrected chi connectivity index (χ0v) is 18.5. The van der Waals surface area contributed by atoms with Crippen LogP contribution < -0.4 is 5.73 Å². The standard InChI is InChI=1S/C21H38N2O6/c1-6-26-18-16(22)12-23(20(25)29-21(3,4)5)17(18)13-28-15-10-8-14(9-11-15)19(24)27-7-2/h14-18H,6-13,22H2,1-5H3/t14-,15-,16-,17-,18+/m1/s1. The maximum absolute atomic E-state index is 12.7. The van der Waals surface area contributed by atoms with E-state index in [2.05, 4.69) is 0 Å². The minimum absolute atomic E-state index is 0.0378. The summed E-state index contributed by atoms with van der Waals surface area (Å²) in [4.78, 5) is 26.2. The van der Waals surface area contributed by atoms with Crippen LogP contribution in [0.4, 0.5) is 4.79 Å². The first-order valence-corrected chi connectivity index (χ1v) is 10.8. The Balaban J connectivity index is 1.94. The van der Waals surface area contributed by atoms with Gasteiger partial charge in [-0.15, -0.1) is 0 Å². The molecule has 0 aromatic carbocycles. The van der Waals surface area contributed by atoms with Crippen LogP contribution in [0.1, 0.15) is 60.3 Å².